The molecule has 0 aliphatic heterocycles. The third kappa shape index (κ3) is 2.70. The Kier molecular flexibility index (Phi) is 3.48. The fourth-order valence-electron chi connectivity index (χ4n) is 2.00. The molecular weight excluding hydrogens is 316 g/mol. The number of aromatic nitrogens is 1. The van der Waals surface area contributed by atoms with E-state index in [1.54, 1.807) is 18.2 Å². The van der Waals surface area contributed by atoms with Crippen molar-refractivity contribution in [2.24, 2.45) is 0 Å². The van der Waals surface area contributed by atoms with Gasteiger partial charge in [-0.25, -0.2) is 4.98 Å². The highest BCUT2D eigenvalue weighted by atomic mass is 79.9. The van der Waals surface area contributed by atoms with Crippen molar-refractivity contribution < 1.29 is 4.79 Å². The molecule has 0 saturated heterocycles. The first-order chi connectivity index (χ1) is 9.72. The molecule has 20 heavy (non-hydrogen) atoms. The van der Waals surface area contributed by atoms with Crippen molar-refractivity contribution >= 4 is 38.3 Å². The van der Waals surface area contributed by atoms with Gasteiger partial charge in [0.2, 0.25) is 0 Å². The van der Waals surface area contributed by atoms with E-state index in [1.165, 1.54) is 0 Å². The highest BCUT2D eigenvalue weighted by Crippen LogP contribution is 2.19. The van der Waals surface area contributed by atoms with Gasteiger partial charge in [-0.15, -0.1) is 0 Å². The Morgan fingerprint density at radius 3 is 2.55 bits per heavy atom. The minimum atomic E-state index is -0.221. The smallest absolute Gasteiger partial charge is 0.274 e. The summed E-state index contributed by atoms with van der Waals surface area (Å²) < 4.78 is 0.642. The molecule has 1 N–H and O–H groups in total. The average molecular weight is 327 g/mol. The predicted octanol–water partition coefficient (Wildman–Crippen LogP) is 4.25. The number of amides is 1. The van der Waals surface area contributed by atoms with Gasteiger partial charge >= 0.3 is 0 Å². The van der Waals surface area contributed by atoms with Gasteiger partial charge < -0.3 is 5.32 Å². The van der Waals surface area contributed by atoms with E-state index in [1.807, 2.05) is 42.5 Å². The molecule has 0 saturated carbocycles. The quantitative estimate of drug-likeness (QED) is 0.715. The van der Waals surface area contributed by atoms with Crippen LogP contribution in [0.25, 0.3) is 10.8 Å². The van der Waals surface area contributed by atoms with Gasteiger partial charge in [0.15, 0.2) is 0 Å². The molecule has 98 valence electrons. The summed E-state index contributed by atoms with van der Waals surface area (Å²) in [4.78, 5) is 16.2. The van der Waals surface area contributed by atoms with Crippen LogP contribution >= 0.6 is 15.9 Å². The van der Waals surface area contributed by atoms with Crippen LogP contribution in [0.2, 0.25) is 0 Å². The summed E-state index contributed by atoms with van der Waals surface area (Å²) in [5.74, 6) is -0.221. The Hall–Kier alpha value is -2.20. The third-order valence-electron chi connectivity index (χ3n) is 2.96. The summed E-state index contributed by atoms with van der Waals surface area (Å²) in [6.45, 7) is 0. The van der Waals surface area contributed by atoms with Gasteiger partial charge in [0.05, 0.1) is 0 Å². The number of nitrogens with zero attached hydrogens (tertiary/aromatic N) is 1. The van der Waals surface area contributed by atoms with E-state index in [9.17, 15) is 4.79 Å². The molecule has 1 amide bonds. The molecule has 0 fully saturated rings. The van der Waals surface area contributed by atoms with E-state index in [4.69, 9.17) is 0 Å². The molecule has 3 nitrogen and oxygen atoms in total. The van der Waals surface area contributed by atoms with Gasteiger partial charge in [0, 0.05) is 5.69 Å². The van der Waals surface area contributed by atoms with Crippen LogP contribution in [0.3, 0.4) is 0 Å². The topological polar surface area (TPSA) is 42.0 Å². The van der Waals surface area contributed by atoms with Gasteiger partial charge in [-0.1, -0.05) is 36.4 Å². The van der Waals surface area contributed by atoms with Gasteiger partial charge in [-0.05, 0) is 51.0 Å². The largest absolute Gasteiger partial charge is 0.321 e. The van der Waals surface area contributed by atoms with Crippen LogP contribution in [0, 0.1) is 0 Å². The van der Waals surface area contributed by atoms with Crippen LogP contribution in [0.5, 0.6) is 0 Å². The number of anilines is 1. The van der Waals surface area contributed by atoms with E-state index < -0.39 is 0 Å². The van der Waals surface area contributed by atoms with E-state index in [0.717, 1.165) is 16.5 Å². The molecule has 0 atom stereocenters. The predicted molar refractivity (Wildman–Crippen MR) is 83.8 cm³/mol. The number of rotatable bonds is 2. The first kappa shape index (κ1) is 12.8. The number of hydrogen-bond acceptors (Lipinski definition) is 2. The minimum absolute atomic E-state index is 0.221. The van der Waals surface area contributed by atoms with Gasteiger partial charge in [-0.2, -0.15) is 0 Å². The zero-order chi connectivity index (χ0) is 13.9. The Balaban J connectivity index is 1.87. The number of fused-ring (bicyclic) bond motifs is 1. The van der Waals surface area contributed by atoms with Crippen molar-refractivity contribution in [3.05, 3.63) is 71.0 Å². The van der Waals surface area contributed by atoms with Crippen molar-refractivity contribution in [1.82, 2.24) is 4.98 Å². The number of pyridine rings is 1. The van der Waals surface area contributed by atoms with Crippen molar-refractivity contribution in [3.8, 4) is 0 Å². The van der Waals surface area contributed by atoms with Crippen LogP contribution in [0.4, 0.5) is 5.69 Å². The van der Waals surface area contributed by atoms with Crippen molar-refractivity contribution in [2.75, 3.05) is 5.32 Å². The lowest BCUT2D eigenvalue weighted by molar-refractivity contribution is 0.102. The summed E-state index contributed by atoms with van der Waals surface area (Å²) in [5.41, 5.74) is 1.14. The molecule has 0 aliphatic carbocycles. The normalized spacial score (nSPS) is 10.4. The first-order valence-electron chi connectivity index (χ1n) is 6.15. The van der Waals surface area contributed by atoms with Crippen LogP contribution < -0.4 is 5.32 Å². The molecular formula is C16H11BrN2O. The molecule has 0 unspecified atom stereocenters. The van der Waals surface area contributed by atoms with Crippen LogP contribution in [0.1, 0.15) is 10.5 Å². The highest BCUT2D eigenvalue weighted by molar-refractivity contribution is 9.10. The summed E-state index contributed by atoms with van der Waals surface area (Å²) in [5, 5.41) is 5.09. The lowest BCUT2D eigenvalue weighted by Gasteiger charge is -2.06. The van der Waals surface area contributed by atoms with Crippen molar-refractivity contribution in [1.29, 1.82) is 0 Å². The van der Waals surface area contributed by atoms with E-state index in [-0.39, 0.29) is 5.91 Å². The summed E-state index contributed by atoms with van der Waals surface area (Å²) in [6.07, 6.45) is 0. The average Bonchev–Trinajstić information content (AvgIpc) is 2.47. The fourth-order valence-corrected chi connectivity index (χ4v) is 2.34. The highest BCUT2D eigenvalue weighted by Gasteiger charge is 2.08. The second kappa shape index (κ2) is 5.43. The maximum Gasteiger partial charge on any atom is 0.274 e. The Morgan fingerprint density at radius 2 is 1.75 bits per heavy atom. The molecule has 3 aromatic rings. The van der Waals surface area contributed by atoms with E-state index in [2.05, 4.69) is 26.2 Å². The fraction of sp³-hybridized carbons (Fsp3) is 0. The lowest BCUT2D eigenvalue weighted by Crippen LogP contribution is -2.13. The monoisotopic (exact) mass is 326 g/mol. The minimum Gasteiger partial charge on any atom is -0.321 e. The third-order valence-corrected chi connectivity index (χ3v) is 3.40. The van der Waals surface area contributed by atoms with Gasteiger partial charge in [0.25, 0.3) is 5.91 Å². The van der Waals surface area contributed by atoms with Crippen LogP contribution in [-0.2, 0) is 0 Å². The number of nitrogens with one attached hydrogen (secondary N) is 1. The number of carbonyl (C=O) groups is 1. The van der Waals surface area contributed by atoms with E-state index >= 15 is 0 Å². The zero-order valence-electron chi connectivity index (χ0n) is 10.5. The lowest BCUT2D eigenvalue weighted by atomic mass is 10.1. The van der Waals surface area contributed by atoms with Crippen LogP contribution in [-0.4, -0.2) is 10.9 Å². The second-order valence-corrected chi connectivity index (χ2v) is 5.17. The summed E-state index contributed by atoms with van der Waals surface area (Å²) in [7, 11) is 0. The summed E-state index contributed by atoms with van der Waals surface area (Å²) in [6, 6.07) is 19.1. The Morgan fingerprint density at radius 1 is 0.950 bits per heavy atom. The SMILES string of the molecule is O=C(Nc1ccc2ccccc2c1)c1cccc(Br)n1. The Labute approximate surface area is 124 Å². The number of carbonyl (C=O) groups excluding carboxylic acids is 1. The molecule has 1 aromatic heterocycles. The van der Waals surface area contributed by atoms with Gasteiger partial charge in [-0.3, -0.25) is 4.79 Å². The molecule has 2 aromatic carbocycles. The molecule has 0 bridgehead atoms. The molecule has 1 heterocycles. The molecule has 0 radical (unpaired) electrons. The Bertz CT molecular complexity index is 786. The molecule has 0 aliphatic rings. The molecule has 3 rings (SSSR count). The van der Waals surface area contributed by atoms with Crippen LogP contribution in [0.15, 0.2) is 65.3 Å². The zero-order valence-corrected chi connectivity index (χ0v) is 12.1. The number of hydrogen-bond donors (Lipinski definition) is 1. The summed E-state index contributed by atoms with van der Waals surface area (Å²) >= 11 is 3.26. The first-order valence-corrected chi connectivity index (χ1v) is 6.94. The van der Waals surface area contributed by atoms with Crippen molar-refractivity contribution in [3.63, 3.8) is 0 Å². The maximum atomic E-state index is 12.1. The van der Waals surface area contributed by atoms with Gasteiger partial charge in [0.1, 0.15) is 10.3 Å². The molecule has 0 spiro atoms. The standard InChI is InChI=1S/C16H11BrN2O/c17-15-7-3-6-14(19-15)16(20)18-13-9-8-11-4-1-2-5-12(11)10-13/h1-10H,(H,18,20). The number of benzene rings is 2. The molecule has 4 heteroatoms. The second-order valence-electron chi connectivity index (χ2n) is 4.36. The van der Waals surface area contributed by atoms with Crippen molar-refractivity contribution in [2.45, 2.75) is 0 Å². The number of halogens is 1. The van der Waals surface area contributed by atoms with E-state index in [0.29, 0.717) is 10.3 Å². The maximum absolute atomic E-state index is 12.1.